The topological polar surface area (TPSA) is 62.5 Å². The van der Waals surface area contributed by atoms with Gasteiger partial charge in [0.25, 0.3) is 5.91 Å². The first kappa shape index (κ1) is 11.8. The SMILES string of the molecule is CCCC(O)CNC(=O)c1coc(C)c1. The summed E-state index contributed by atoms with van der Waals surface area (Å²) in [5.74, 6) is 0.497. The third kappa shape index (κ3) is 3.75. The second-order valence-corrected chi connectivity index (χ2v) is 3.60. The van der Waals surface area contributed by atoms with E-state index in [9.17, 15) is 9.90 Å². The van der Waals surface area contributed by atoms with Crippen molar-refractivity contribution in [3.63, 3.8) is 0 Å². The van der Waals surface area contributed by atoms with Gasteiger partial charge in [0, 0.05) is 6.54 Å². The number of aliphatic hydroxyl groups excluding tert-OH is 1. The van der Waals surface area contributed by atoms with Gasteiger partial charge in [-0.05, 0) is 19.4 Å². The van der Waals surface area contributed by atoms with Gasteiger partial charge in [-0.3, -0.25) is 4.79 Å². The van der Waals surface area contributed by atoms with Crippen LogP contribution in [0, 0.1) is 6.92 Å². The highest BCUT2D eigenvalue weighted by molar-refractivity contribution is 5.93. The number of aliphatic hydroxyl groups is 1. The van der Waals surface area contributed by atoms with Crippen molar-refractivity contribution in [3.8, 4) is 0 Å². The van der Waals surface area contributed by atoms with Crippen LogP contribution in [0.1, 0.15) is 35.9 Å². The molecule has 0 saturated carbocycles. The fraction of sp³-hybridized carbons (Fsp3) is 0.545. The molecule has 0 aliphatic heterocycles. The van der Waals surface area contributed by atoms with Crippen LogP contribution >= 0.6 is 0 Å². The zero-order chi connectivity index (χ0) is 11.3. The first-order chi connectivity index (χ1) is 7.13. The van der Waals surface area contributed by atoms with Gasteiger partial charge in [-0.25, -0.2) is 0 Å². The Hall–Kier alpha value is -1.29. The molecule has 1 aromatic rings. The van der Waals surface area contributed by atoms with Crippen LogP contribution in [0.4, 0.5) is 0 Å². The lowest BCUT2D eigenvalue weighted by molar-refractivity contribution is 0.0909. The van der Waals surface area contributed by atoms with E-state index in [1.807, 2.05) is 6.92 Å². The highest BCUT2D eigenvalue weighted by Gasteiger charge is 2.10. The number of carbonyl (C=O) groups excluding carboxylic acids is 1. The Morgan fingerprint density at radius 1 is 1.67 bits per heavy atom. The van der Waals surface area contributed by atoms with Crippen LogP contribution in [0.5, 0.6) is 0 Å². The first-order valence-electron chi connectivity index (χ1n) is 5.15. The van der Waals surface area contributed by atoms with E-state index in [1.165, 1.54) is 6.26 Å². The van der Waals surface area contributed by atoms with Crippen molar-refractivity contribution < 1.29 is 14.3 Å². The molecule has 1 aromatic heterocycles. The van der Waals surface area contributed by atoms with Gasteiger partial charge in [0.05, 0.1) is 11.7 Å². The summed E-state index contributed by atoms with van der Waals surface area (Å²) >= 11 is 0. The Bertz CT molecular complexity index is 319. The van der Waals surface area contributed by atoms with Gasteiger partial charge in [-0.1, -0.05) is 13.3 Å². The van der Waals surface area contributed by atoms with Crippen LogP contribution in [-0.2, 0) is 0 Å². The van der Waals surface area contributed by atoms with Crippen molar-refractivity contribution >= 4 is 5.91 Å². The van der Waals surface area contributed by atoms with Crippen LogP contribution < -0.4 is 5.32 Å². The quantitative estimate of drug-likeness (QED) is 0.775. The molecule has 0 saturated heterocycles. The Morgan fingerprint density at radius 2 is 2.40 bits per heavy atom. The highest BCUT2D eigenvalue weighted by Crippen LogP contribution is 2.05. The number of carbonyl (C=O) groups is 1. The smallest absolute Gasteiger partial charge is 0.254 e. The van der Waals surface area contributed by atoms with Crippen molar-refractivity contribution in [3.05, 3.63) is 23.7 Å². The number of nitrogens with one attached hydrogen (secondary N) is 1. The molecule has 0 aromatic carbocycles. The molecule has 0 aliphatic rings. The van der Waals surface area contributed by atoms with Gasteiger partial charge in [-0.2, -0.15) is 0 Å². The lowest BCUT2D eigenvalue weighted by Gasteiger charge is -2.09. The minimum absolute atomic E-state index is 0.206. The third-order valence-corrected chi connectivity index (χ3v) is 2.11. The molecule has 1 rings (SSSR count). The summed E-state index contributed by atoms with van der Waals surface area (Å²) in [5.41, 5.74) is 0.496. The molecule has 1 heterocycles. The number of rotatable bonds is 5. The van der Waals surface area contributed by atoms with Gasteiger partial charge in [0.15, 0.2) is 0 Å². The van der Waals surface area contributed by atoms with Crippen molar-refractivity contribution in [2.45, 2.75) is 32.8 Å². The minimum Gasteiger partial charge on any atom is -0.469 e. The normalized spacial score (nSPS) is 12.5. The number of furan rings is 1. The standard InChI is InChI=1S/C11H17NO3/c1-3-4-10(13)6-12-11(14)9-5-8(2)15-7-9/h5,7,10,13H,3-4,6H2,1-2H3,(H,12,14). The molecular weight excluding hydrogens is 194 g/mol. The summed E-state index contributed by atoms with van der Waals surface area (Å²) in [6.45, 7) is 4.06. The van der Waals surface area contributed by atoms with Crippen LogP contribution in [0.15, 0.2) is 16.7 Å². The highest BCUT2D eigenvalue weighted by atomic mass is 16.3. The number of amides is 1. The van der Waals surface area contributed by atoms with E-state index in [-0.39, 0.29) is 12.5 Å². The van der Waals surface area contributed by atoms with Gasteiger partial charge < -0.3 is 14.8 Å². The van der Waals surface area contributed by atoms with E-state index >= 15 is 0 Å². The predicted octanol–water partition coefficient (Wildman–Crippen LogP) is 1.48. The van der Waals surface area contributed by atoms with Crippen LogP contribution in [0.3, 0.4) is 0 Å². The molecule has 4 nitrogen and oxygen atoms in total. The van der Waals surface area contributed by atoms with Crippen molar-refractivity contribution in [2.24, 2.45) is 0 Å². The second-order valence-electron chi connectivity index (χ2n) is 3.60. The molecule has 1 amide bonds. The van der Waals surface area contributed by atoms with Crippen LogP contribution in [0.25, 0.3) is 0 Å². The van der Waals surface area contributed by atoms with E-state index in [1.54, 1.807) is 13.0 Å². The summed E-state index contributed by atoms with van der Waals surface area (Å²) in [4.78, 5) is 11.5. The molecule has 84 valence electrons. The zero-order valence-electron chi connectivity index (χ0n) is 9.12. The Kier molecular flexibility index (Phi) is 4.37. The van der Waals surface area contributed by atoms with Gasteiger partial charge >= 0.3 is 0 Å². The molecule has 4 heteroatoms. The predicted molar refractivity (Wildman–Crippen MR) is 56.7 cm³/mol. The lowest BCUT2D eigenvalue weighted by Crippen LogP contribution is -2.31. The van der Waals surface area contributed by atoms with Crippen molar-refractivity contribution in [1.82, 2.24) is 5.32 Å². The fourth-order valence-electron chi connectivity index (χ4n) is 1.31. The Balaban J connectivity index is 2.36. The fourth-order valence-corrected chi connectivity index (χ4v) is 1.31. The van der Waals surface area contributed by atoms with Gasteiger partial charge in [-0.15, -0.1) is 0 Å². The van der Waals surface area contributed by atoms with E-state index in [4.69, 9.17) is 4.42 Å². The average molecular weight is 211 g/mol. The maximum Gasteiger partial charge on any atom is 0.254 e. The Morgan fingerprint density at radius 3 is 2.93 bits per heavy atom. The summed E-state index contributed by atoms with van der Waals surface area (Å²) < 4.78 is 5.02. The monoisotopic (exact) mass is 211 g/mol. The third-order valence-electron chi connectivity index (χ3n) is 2.11. The summed E-state index contributed by atoms with van der Waals surface area (Å²) in [5, 5.41) is 12.1. The Labute approximate surface area is 89.3 Å². The molecule has 1 atom stereocenters. The number of hydrogen-bond donors (Lipinski definition) is 2. The maximum absolute atomic E-state index is 11.5. The molecule has 0 fully saturated rings. The number of hydrogen-bond acceptors (Lipinski definition) is 3. The van der Waals surface area contributed by atoms with Crippen LogP contribution in [-0.4, -0.2) is 23.7 Å². The van der Waals surface area contributed by atoms with Crippen molar-refractivity contribution in [1.29, 1.82) is 0 Å². The van der Waals surface area contributed by atoms with Gasteiger partial charge in [0.2, 0.25) is 0 Å². The lowest BCUT2D eigenvalue weighted by atomic mass is 10.2. The molecule has 0 spiro atoms. The van der Waals surface area contributed by atoms with E-state index in [0.717, 1.165) is 6.42 Å². The van der Waals surface area contributed by atoms with E-state index < -0.39 is 6.10 Å². The van der Waals surface area contributed by atoms with Gasteiger partial charge in [0.1, 0.15) is 12.0 Å². The van der Waals surface area contributed by atoms with E-state index in [2.05, 4.69) is 5.32 Å². The summed E-state index contributed by atoms with van der Waals surface area (Å²) in [6, 6.07) is 1.67. The maximum atomic E-state index is 11.5. The van der Waals surface area contributed by atoms with Crippen LogP contribution in [0.2, 0.25) is 0 Å². The molecule has 0 radical (unpaired) electrons. The second kappa shape index (κ2) is 5.56. The molecule has 0 aliphatic carbocycles. The van der Waals surface area contributed by atoms with E-state index in [0.29, 0.717) is 17.7 Å². The molecule has 15 heavy (non-hydrogen) atoms. The average Bonchev–Trinajstić information content (AvgIpc) is 2.62. The largest absolute Gasteiger partial charge is 0.469 e. The molecule has 1 unspecified atom stereocenters. The number of aryl methyl sites for hydroxylation is 1. The molecule has 2 N–H and O–H groups in total. The summed E-state index contributed by atoms with van der Waals surface area (Å²) in [6.07, 6.45) is 2.55. The van der Waals surface area contributed by atoms with Crippen molar-refractivity contribution in [2.75, 3.05) is 6.54 Å². The first-order valence-corrected chi connectivity index (χ1v) is 5.15. The molecular formula is C11H17NO3. The molecule has 0 bridgehead atoms. The summed E-state index contributed by atoms with van der Waals surface area (Å²) in [7, 11) is 0. The minimum atomic E-state index is -0.466. The zero-order valence-corrected chi connectivity index (χ0v) is 9.12.